The molecule has 102 valence electrons. The van der Waals surface area contributed by atoms with Crippen molar-refractivity contribution in [1.82, 2.24) is 9.78 Å². The summed E-state index contributed by atoms with van der Waals surface area (Å²) in [6.45, 7) is 6.57. The average Bonchev–Trinajstić information content (AvgIpc) is 2.70. The number of hydrogen-bond acceptors (Lipinski definition) is 2. The third-order valence-electron chi connectivity index (χ3n) is 3.10. The van der Waals surface area contributed by atoms with E-state index in [1.165, 1.54) is 6.07 Å². The van der Waals surface area contributed by atoms with Crippen LogP contribution in [0, 0.1) is 5.82 Å². The molecule has 1 aromatic carbocycles. The van der Waals surface area contributed by atoms with Crippen LogP contribution in [0.25, 0.3) is 11.1 Å². The molecule has 0 saturated carbocycles. The predicted octanol–water partition coefficient (Wildman–Crippen LogP) is 2.98. The standard InChI is InChI=1S/C15H20FN3/c1-15(2,3)14-12(9-19(4)18-14)11-6-5-10(8-17)7-13(11)16/h5-7,9H,8,17H2,1-4H3. The molecule has 2 rings (SSSR count). The number of benzene rings is 1. The molecule has 1 heterocycles. The Morgan fingerprint density at radius 1 is 1.26 bits per heavy atom. The van der Waals surface area contributed by atoms with Gasteiger partial charge in [0.15, 0.2) is 0 Å². The molecule has 0 radical (unpaired) electrons. The maximum absolute atomic E-state index is 14.2. The van der Waals surface area contributed by atoms with Crippen molar-refractivity contribution in [3.8, 4) is 11.1 Å². The van der Waals surface area contributed by atoms with Crippen molar-refractivity contribution in [3.63, 3.8) is 0 Å². The van der Waals surface area contributed by atoms with Gasteiger partial charge in [0, 0.05) is 36.3 Å². The van der Waals surface area contributed by atoms with Crippen LogP contribution in [-0.4, -0.2) is 9.78 Å². The van der Waals surface area contributed by atoms with Gasteiger partial charge in [-0.05, 0) is 11.6 Å². The summed E-state index contributed by atoms with van der Waals surface area (Å²) in [5.41, 5.74) is 8.51. The molecule has 0 unspecified atom stereocenters. The van der Waals surface area contributed by atoms with Gasteiger partial charge in [0.25, 0.3) is 0 Å². The lowest BCUT2D eigenvalue weighted by molar-refractivity contribution is 0.553. The highest BCUT2D eigenvalue weighted by Crippen LogP contribution is 2.33. The zero-order chi connectivity index (χ0) is 14.2. The van der Waals surface area contributed by atoms with Crippen LogP contribution in [0.5, 0.6) is 0 Å². The fraction of sp³-hybridized carbons (Fsp3) is 0.400. The van der Waals surface area contributed by atoms with Crippen molar-refractivity contribution in [3.05, 3.63) is 41.5 Å². The second kappa shape index (κ2) is 4.78. The van der Waals surface area contributed by atoms with Crippen LogP contribution >= 0.6 is 0 Å². The summed E-state index contributed by atoms with van der Waals surface area (Å²) in [4.78, 5) is 0. The van der Waals surface area contributed by atoms with Crippen molar-refractivity contribution in [2.45, 2.75) is 32.7 Å². The van der Waals surface area contributed by atoms with Crippen molar-refractivity contribution < 1.29 is 4.39 Å². The van der Waals surface area contributed by atoms with Gasteiger partial charge in [0.1, 0.15) is 5.82 Å². The summed E-state index contributed by atoms with van der Waals surface area (Å²) >= 11 is 0. The number of halogens is 1. The van der Waals surface area contributed by atoms with E-state index >= 15 is 0 Å². The Kier molecular flexibility index (Phi) is 3.45. The highest BCUT2D eigenvalue weighted by Gasteiger charge is 2.24. The van der Waals surface area contributed by atoms with E-state index in [4.69, 9.17) is 5.73 Å². The summed E-state index contributed by atoms with van der Waals surface area (Å²) in [5.74, 6) is -0.249. The Morgan fingerprint density at radius 2 is 1.95 bits per heavy atom. The topological polar surface area (TPSA) is 43.8 Å². The van der Waals surface area contributed by atoms with Gasteiger partial charge >= 0.3 is 0 Å². The van der Waals surface area contributed by atoms with Crippen LogP contribution in [0.4, 0.5) is 4.39 Å². The minimum atomic E-state index is -0.249. The van der Waals surface area contributed by atoms with E-state index in [1.807, 2.05) is 19.3 Å². The van der Waals surface area contributed by atoms with Crippen LogP contribution in [0.2, 0.25) is 0 Å². The number of hydrogen-bond donors (Lipinski definition) is 1. The molecule has 0 fully saturated rings. The van der Waals surface area contributed by atoms with Crippen LogP contribution in [0.1, 0.15) is 32.0 Å². The molecule has 0 spiro atoms. The van der Waals surface area contributed by atoms with Crippen LogP contribution < -0.4 is 5.73 Å². The van der Waals surface area contributed by atoms with Gasteiger partial charge in [-0.15, -0.1) is 0 Å². The first-order valence-corrected chi connectivity index (χ1v) is 6.36. The minimum absolute atomic E-state index is 0.129. The summed E-state index contributed by atoms with van der Waals surface area (Å²) in [5, 5.41) is 4.47. The Bertz CT molecular complexity index is 594. The highest BCUT2D eigenvalue weighted by atomic mass is 19.1. The molecule has 2 N–H and O–H groups in total. The van der Waals surface area contributed by atoms with Gasteiger partial charge in [-0.1, -0.05) is 32.9 Å². The van der Waals surface area contributed by atoms with E-state index in [2.05, 4.69) is 25.9 Å². The van der Waals surface area contributed by atoms with E-state index in [0.29, 0.717) is 12.1 Å². The molecule has 0 aliphatic heterocycles. The molecule has 2 aromatic rings. The molecule has 0 saturated heterocycles. The molecule has 19 heavy (non-hydrogen) atoms. The first kappa shape index (κ1) is 13.7. The van der Waals surface area contributed by atoms with Gasteiger partial charge in [-0.25, -0.2) is 4.39 Å². The normalized spacial score (nSPS) is 11.9. The van der Waals surface area contributed by atoms with Crippen molar-refractivity contribution in [1.29, 1.82) is 0 Å². The van der Waals surface area contributed by atoms with Crippen molar-refractivity contribution in [2.75, 3.05) is 0 Å². The molecule has 3 nitrogen and oxygen atoms in total. The monoisotopic (exact) mass is 261 g/mol. The van der Waals surface area contributed by atoms with Gasteiger partial charge < -0.3 is 5.73 Å². The molecular weight excluding hydrogens is 241 g/mol. The Morgan fingerprint density at radius 3 is 2.47 bits per heavy atom. The molecule has 4 heteroatoms. The molecule has 1 aromatic heterocycles. The molecule has 0 atom stereocenters. The minimum Gasteiger partial charge on any atom is -0.326 e. The predicted molar refractivity (Wildman–Crippen MR) is 75.2 cm³/mol. The Hall–Kier alpha value is -1.68. The van der Waals surface area contributed by atoms with Crippen LogP contribution in [0.3, 0.4) is 0 Å². The molecule has 0 aliphatic rings. The number of nitrogens with zero attached hydrogens (tertiary/aromatic N) is 2. The van der Waals surface area contributed by atoms with E-state index in [9.17, 15) is 4.39 Å². The second-order valence-corrected chi connectivity index (χ2v) is 5.83. The third kappa shape index (κ3) is 2.68. The molecule has 0 bridgehead atoms. The van der Waals surface area contributed by atoms with Gasteiger partial charge in [-0.3, -0.25) is 4.68 Å². The third-order valence-corrected chi connectivity index (χ3v) is 3.10. The number of nitrogens with two attached hydrogens (primary N) is 1. The summed E-state index contributed by atoms with van der Waals surface area (Å²) < 4.78 is 15.9. The summed E-state index contributed by atoms with van der Waals surface area (Å²) in [6.07, 6.45) is 1.86. The fourth-order valence-corrected chi connectivity index (χ4v) is 2.14. The van der Waals surface area contributed by atoms with E-state index < -0.39 is 0 Å². The lowest BCUT2D eigenvalue weighted by atomic mass is 9.87. The quantitative estimate of drug-likeness (QED) is 0.903. The Balaban J connectivity index is 2.59. The zero-order valence-corrected chi connectivity index (χ0v) is 11.9. The summed E-state index contributed by atoms with van der Waals surface area (Å²) in [7, 11) is 1.85. The highest BCUT2D eigenvalue weighted by molar-refractivity contribution is 5.67. The second-order valence-electron chi connectivity index (χ2n) is 5.83. The first-order chi connectivity index (χ1) is 8.82. The maximum Gasteiger partial charge on any atom is 0.131 e. The van der Waals surface area contributed by atoms with Gasteiger partial charge in [0.05, 0.1) is 5.69 Å². The smallest absolute Gasteiger partial charge is 0.131 e. The van der Waals surface area contributed by atoms with Gasteiger partial charge in [0.2, 0.25) is 0 Å². The zero-order valence-electron chi connectivity index (χ0n) is 11.9. The molecular formula is C15H20FN3. The summed E-state index contributed by atoms with van der Waals surface area (Å²) in [6, 6.07) is 5.14. The lowest BCUT2D eigenvalue weighted by Gasteiger charge is -2.17. The number of rotatable bonds is 2. The van der Waals surface area contributed by atoms with Gasteiger partial charge in [-0.2, -0.15) is 5.10 Å². The molecule has 0 aliphatic carbocycles. The van der Waals surface area contributed by atoms with Crippen LogP contribution in [-0.2, 0) is 19.0 Å². The average molecular weight is 261 g/mol. The van der Waals surface area contributed by atoms with Crippen LogP contribution in [0.15, 0.2) is 24.4 Å². The van der Waals surface area contributed by atoms with Crippen molar-refractivity contribution >= 4 is 0 Å². The van der Waals surface area contributed by atoms with E-state index in [1.54, 1.807) is 10.7 Å². The lowest BCUT2D eigenvalue weighted by Crippen LogP contribution is -2.14. The number of aromatic nitrogens is 2. The largest absolute Gasteiger partial charge is 0.326 e. The van der Waals surface area contributed by atoms with Crippen molar-refractivity contribution in [2.24, 2.45) is 12.8 Å². The SMILES string of the molecule is Cn1cc(-c2ccc(CN)cc2F)c(C(C)(C)C)n1. The Labute approximate surface area is 113 Å². The fourth-order valence-electron chi connectivity index (χ4n) is 2.14. The van der Waals surface area contributed by atoms with E-state index in [0.717, 1.165) is 16.8 Å². The molecule has 0 amide bonds. The first-order valence-electron chi connectivity index (χ1n) is 6.36. The van der Waals surface area contributed by atoms with E-state index in [-0.39, 0.29) is 11.2 Å². The number of aryl methyl sites for hydroxylation is 1. The maximum atomic E-state index is 14.2.